The van der Waals surface area contributed by atoms with E-state index in [1.54, 1.807) is 6.07 Å². The zero-order chi connectivity index (χ0) is 20.1. The van der Waals surface area contributed by atoms with Crippen molar-refractivity contribution in [3.05, 3.63) is 71.0 Å². The molecule has 0 bridgehead atoms. The van der Waals surface area contributed by atoms with Gasteiger partial charge in [-0.1, -0.05) is 24.3 Å². The maximum absolute atomic E-state index is 13.8. The van der Waals surface area contributed by atoms with Gasteiger partial charge in [0, 0.05) is 19.6 Å². The number of hydrogen-bond acceptors (Lipinski definition) is 3. The molecule has 1 heterocycles. The Morgan fingerprint density at radius 3 is 2.32 bits per heavy atom. The van der Waals surface area contributed by atoms with Crippen LogP contribution in [-0.2, 0) is 10.9 Å². The number of nitrogens with one attached hydrogen (secondary N) is 1. The molecule has 3 rings (SSSR count). The number of rotatable bonds is 5. The van der Waals surface area contributed by atoms with Crippen molar-refractivity contribution in [3.63, 3.8) is 0 Å². The van der Waals surface area contributed by atoms with Gasteiger partial charge in [-0.05, 0) is 29.8 Å². The number of nitrogens with zero attached hydrogens (tertiary/aromatic N) is 1. The summed E-state index contributed by atoms with van der Waals surface area (Å²) in [6, 6.07) is 10.2. The highest BCUT2D eigenvalue weighted by molar-refractivity contribution is 5.94. The summed E-state index contributed by atoms with van der Waals surface area (Å²) >= 11 is 0. The van der Waals surface area contributed by atoms with Gasteiger partial charge in [-0.3, -0.25) is 9.69 Å². The highest BCUT2D eigenvalue weighted by Crippen LogP contribution is 2.31. The fraction of sp³-hybridized carbons (Fsp3) is 0.350. The van der Waals surface area contributed by atoms with Crippen LogP contribution < -0.4 is 5.32 Å². The van der Waals surface area contributed by atoms with Crippen molar-refractivity contribution in [1.29, 1.82) is 0 Å². The van der Waals surface area contributed by atoms with E-state index in [2.05, 4.69) is 5.32 Å². The van der Waals surface area contributed by atoms with Gasteiger partial charge < -0.3 is 10.1 Å². The molecule has 1 saturated heterocycles. The number of carbonyl (C=O) groups is 1. The SMILES string of the molecule is O=C(NCC(c1ccc(C(F)(F)F)cc1)N1CCOCC1)c1ccccc1F. The van der Waals surface area contributed by atoms with E-state index in [0.717, 1.165) is 12.1 Å². The minimum atomic E-state index is -4.41. The van der Waals surface area contributed by atoms with Crippen LogP contribution in [0.25, 0.3) is 0 Å². The molecule has 150 valence electrons. The molecular weight excluding hydrogens is 376 g/mol. The molecule has 4 nitrogen and oxygen atoms in total. The number of hydrogen-bond donors (Lipinski definition) is 1. The van der Waals surface area contributed by atoms with Crippen LogP contribution in [0, 0.1) is 5.82 Å². The van der Waals surface area contributed by atoms with Crippen molar-refractivity contribution in [2.45, 2.75) is 12.2 Å². The molecule has 0 aromatic heterocycles. The Labute approximate surface area is 160 Å². The fourth-order valence-electron chi connectivity index (χ4n) is 3.17. The van der Waals surface area contributed by atoms with E-state index < -0.39 is 23.5 Å². The molecule has 0 aliphatic carbocycles. The number of morpholine rings is 1. The van der Waals surface area contributed by atoms with Crippen LogP contribution in [0.1, 0.15) is 27.5 Å². The minimum Gasteiger partial charge on any atom is -0.379 e. The van der Waals surface area contributed by atoms with Crippen LogP contribution in [-0.4, -0.2) is 43.7 Å². The number of alkyl halides is 3. The molecule has 1 amide bonds. The zero-order valence-electron chi connectivity index (χ0n) is 15.0. The lowest BCUT2D eigenvalue weighted by Crippen LogP contribution is -2.44. The molecule has 0 spiro atoms. The highest BCUT2D eigenvalue weighted by atomic mass is 19.4. The van der Waals surface area contributed by atoms with Crippen molar-refractivity contribution in [2.24, 2.45) is 0 Å². The topological polar surface area (TPSA) is 41.6 Å². The Hall–Kier alpha value is -2.45. The first kappa shape index (κ1) is 20.3. The summed E-state index contributed by atoms with van der Waals surface area (Å²) in [5.74, 6) is -1.19. The van der Waals surface area contributed by atoms with Crippen LogP contribution in [0.4, 0.5) is 17.6 Å². The average Bonchev–Trinajstić information content (AvgIpc) is 2.69. The van der Waals surface area contributed by atoms with Gasteiger partial charge in [-0.25, -0.2) is 4.39 Å². The Morgan fingerprint density at radius 1 is 1.07 bits per heavy atom. The molecule has 0 saturated carbocycles. The minimum absolute atomic E-state index is 0.0735. The van der Waals surface area contributed by atoms with E-state index in [0.29, 0.717) is 31.9 Å². The van der Waals surface area contributed by atoms with E-state index in [1.165, 1.54) is 30.3 Å². The van der Waals surface area contributed by atoms with Crippen LogP contribution in [0.15, 0.2) is 48.5 Å². The maximum Gasteiger partial charge on any atom is 0.416 e. The Morgan fingerprint density at radius 2 is 1.71 bits per heavy atom. The number of ether oxygens (including phenoxy) is 1. The average molecular weight is 396 g/mol. The lowest BCUT2D eigenvalue weighted by atomic mass is 10.0. The summed E-state index contributed by atoms with van der Waals surface area (Å²) in [6.07, 6.45) is -4.41. The normalized spacial score (nSPS) is 16.6. The van der Waals surface area contributed by atoms with Gasteiger partial charge in [0.1, 0.15) is 5.82 Å². The summed E-state index contributed by atoms with van der Waals surface area (Å²) in [7, 11) is 0. The van der Waals surface area contributed by atoms with Gasteiger partial charge in [0.15, 0.2) is 0 Å². The number of carbonyl (C=O) groups excluding carboxylic acids is 1. The van der Waals surface area contributed by atoms with Crippen molar-refractivity contribution in [3.8, 4) is 0 Å². The molecule has 1 fully saturated rings. The maximum atomic E-state index is 13.8. The molecule has 1 unspecified atom stereocenters. The summed E-state index contributed by atoms with van der Waals surface area (Å²) < 4.78 is 57.6. The third kappa shape index (κ3) is 4.88. The van der Waals surface area contributed by atoms with Crippen molar-refractivity contribution >= 4 is 5.91 Å². The molecule has 2 aromatic rings. The lowest BCUT2D eigenvalue weighted by molar-refractivity contribution is -0.137. The predicted octanol–water partition coefficient (Wildman–Crippen LogP) is 3.65. The molecule has 1 N–H and O–H groups in total. The molecule has 2 aromatic carbocycles. The highest BCUT2D eigenvalue weighted by Gasteiger charge is 2.31. The van der Waals surface area contributed by atoms with Crippen LogP contribution in [0.2, 0.25) is 0 Å². The van der Waals surface area contributed by atoms with E-state index in [-0.39, 0.29) is 18.2 Å². The summed E-state index contributed by atoms with van der Waals surface area (Å²) in [5.41, 5.74) is -0.160. The first-order valence-electron chi connectivity index (χ1n) is 8.88. The number of amides is 1. The van der Waals surface area contributed by atoms with Crippen LogP contribution >= 0.6 is 0 Å². The zero-order valence-corrected chi connectivity index (χ0v) is 15.0. The largest absolute Gasteiger partial charge is 0.416 e. The quantitative estimate of drug-likeness (QED) is 0.785. The molecule has 0 radical (unpaired) electrons. The molecule has 1 atom stereocenters. The lowest BCUT2D eigenvalue weighted by Gasteiger charge is -2.35. The third-order valence-corrected chi connectivity index (χ3v) is 4.68. The predicted molar refractivity (Wildman–Crippen MR) is 95.3 cm³/mol. The first-order valence-corrected chi connectivity index (χ1v) is 8.88. The van der Waals surface area contributed by atoms with Gasteiger partial charge in [0.2, 0.25) is 0 Å². The van der Waals surface area contributed by atoms with Crippen molar-refractivity contribution in [1.82, 2.24) is 10.2 Å². The van der Waals surface area contributed by atoms with E-state index in [9.17, 15) is 22.4 Å². The summed E-state index contributed by atoms with van der Waals surface area (Å²) in [6.45, 7) is 2.30. The molecule has 1 aliphatic rings. The first-order chi connectivity index (χ1) is 13.4. The number of benzene rings is 2. The second-order valence-corrected chi connectivity index (χ2v) is 6.47. The Bertz CT molecular complexity index is 803. The van der Waals surface area contributed by atoms with Gasteiger partial charge in [-0.15, -0.1) is 0 Å². The summed E-state index contributed by atoms with van der Waals surface area (Å²) in [4.78, 5) is 14.4. The van der Waals surface area contributed by atoms with Gasteiger partial charge in [0.05, 0.1) is 30.4 Å². The van der Waals surface area contributed by atoms with Crippen molar-refractivity contribution < 1.29 is 27.1 Å². The second kappa shape index (κ2) is 8.70. The molecule has 8 heteroatoms. The molecule has 28 heavy (non-hydrogen) atoms. The van der Waals surface area contributed by atoms with E-state index in [1.807, 2.05) is 4.90 Å². The molecular formula is C20H20F4N2O2. The van der Waals surface area contributed by atoms with E-state index >= 15 is 0 Å². The third-order valence-electron chi connectivity index (χ3n) is 4.68. The fourth-order valence-corrected chi connectivity index (χ4v) is 3.17. The Balaban J connectivity index is 1.77. The van der Waals surface area contributed by atoms with E-state index in [4.69, 9.17) is 4.74 Å². The van der Waals surface area contributed by atoms with Crippen molar-refractivity contribution in [2.75, 3.05) is 32.8 Å². The smallest absolute Gasteiger partial charge is 0.379 e. The van der Waals surface area contributed by atoms with Gasteiger partial charge >= 0.3 is 6.18 Å². The van der Waals surface area contributed by atoms with Crippen LogP contribution in [0.3, 0.4) is 0 Å². The number of halogens is 4. The van der Waals surface area contributed by atoms with Gasteiger partial charge in [-0.2, -0.15) is 13.2 Å². The van der Waals surface area contributed by atoms with Gasteiger partial charge in [0.25, 0.3) is 5.91 Å². The Kier molecular flexibility index (Phi) is 6.31. The monoisotopic (exact) mass is 396 g/mol. The standard InChI is InChI=1S/C20H20F4N2O2/c21-17-4-2-1-3-16(17)19(27)25-13-18(26-9-11-28-12-10-26)14-5-7-15(8-6-14)20(22,23)24/h1-8,18H,9-13H2,(H,25,27). The van der Waals surface area contributed by atoms with Crippen LogP contribution in [0.5, 0.6) is 0 Å². The second-order valence-electron chi connectivity index (χ2n) is 6.47. The summed E-state index contributed by atoms with van der Waals surface area (Å²) in [5, 5.41) is 2.70. The molecule has 1 aliphatic heterocycles.